The number of hydrogen-bond donors (Lipinski definition) is 1. The number of nitrogens with one attached hydrogen (secondary N) is 1. The van der Waals surface area contributed by atoms with E-state index in [0.29, 0.717) is 35.6 Å². The number of hydrogen-bond acceptors (Lipinski definition) is 6. The Hall–Kier alpha value is -2.71. The Kier molecular flexibility index (Phi) is 6.89. The molecule has 3 aromatic rings. The molecule has 0 saturated carbocycles. The first-order valence-electron chi connectivity index (χ1n) is 9.90. The molecule has 1 aliphatic rings. The summed E-state index contributed by atoms with van der Waals surface area (Å²) in [4.78, 5) is 27.7. The molecule has 1 atom stereocenters. The lowest BCUT2D eigenvalue weighted by atomic mass is 9.99. The topological polar surface area (TPSA) is 93.3 Å². The highest BCUT2D eigenvalue weighted by molar-refractivity contribution is 5.95. The number of fused-ring (bicyclic) bond motifs is 1. The Balaban J connectivity index is 0.00000256. The van der Waals surface area contributed by atoms with Crippen LogP contribution in [0.25, 0.3) is 11.0 Å². The monoisotopic (exact) mass is 431 g/mol. The van der Waals surface area contributed by atoms with Crippen molar-refractivity contribution < 1.29 is 9.42 Å². The maximum Gasteiger partial charge on any atom is 0.263 e. The van der Waals surface area contributed by atoms with Gasteiger partial charge < -0.3 is 14.8 Å². The smallest absolute Gasteiger partial charge is 0.263 e. The quantitative estimate of drug-likeness (QED) is 0.666. The number of aromatic nitrogens is 3. The summed E-state index contributed by atoms with van der Waals surface area (Å²) < 4.78 is 6.40. The predicted octanol–water partition coefficient (Wildman–Crippen LogP) is 2.39. The van der Waals surface area contributed by atoms with Crippen LogP contribution >= 0.6 is 12.4 Å². The second kappa shape index (κ2) is 9.40. The van der Waals surface area contributed by atoms with Crippen LogP contribution in [0, 0.1) is 12.8 Å². The standard InChI is InChI=1S/C21H25N5O3.ClH/c1-14-7-9-26(13-16-4-3-8-22-11-16)21(28)19(14)20(27)25(2)12-15-5-6-17-18(10-15)24-29-23-17;/h5-7,9-10,16,22H,3-4,8,11-13H2,1-2H3;1H. The van der Waals surface area contributed by atoms with Gasteiger partial charge in [0.15, 0.2) is 0 Å². The number of nitrogens with zero attached hydrogens (tertiary/aromatic N) is 4. The summed E-state index contributed by atoms with van der Waals surface area (Å²) in [5.74, 6) is 0.134. The molecule has 3 heterocycles. The first kappa shape index (κ1) is 22.0. The summed E-state index contributed by atoms with van der Waals surface area (Å²) in [6.07, 6.45) is 4.01. The lowest BCUT2D eigenvalue weighted by Crippen LogP contribution is -2.38. The molecule has 1 aliphatic heterocycles. The average molecular weight is 432 g/mol. The zero-order chi connectivity index (χ0) is 20.4. The average Bonchev–Trinajstić information content (AvgIpc) is 3.19. The van der Waals surface area contributed by atoms with Gasteiger partial charge in [-0.1, -0.05) is 6.07 Å². The third kappa shape index (κ3) is 4.55. The second-order valence-corrected chi connectivity index (χ2v) is 7.79. The molecular weight excluding hydrogens is 406 g/mol. The summed E-state index contributed by atoms with van der Waals surface area (Å²) >= 11 is 0. The van der Waals surface area contributed by atoms with Crippen LogP contribution in [-0.4, -0.2) is 45.8 Å². The van der Waals surface area contributed by atoms with Crippen LogP contribution in [0.2, 0.25) is 0 Å². The molecule has 1 aromatic carbocycles. The summed E-state index contributed by atoms with van der Waals surface area (Å²) in [6.45, 7) is 4.74. The van der Waals surface area contributed by atoms with E-state index in [0.717, 1.165) is 31.5 Å². The summed E-state index contributed by atoms with van der Waals surface area (Å²) in [5, 5.41) is 11.0. The van der Waals surface area contributed by atoms with E-state index in [1.807, 2.05) is 25.1 Å². The fourth-order valence-corrected chi connectivity index (χ4v) is 3.89. The molecule has 1 saturated heterocycles. The second-order valence-electron chi connectivity index (χ2n) is 7.79. The number of piperidine rings is 1. The molecule has 0 radical (unpaired) electrons. The SMILES string of the molecule is Cc1ccn(CC2CCCNC2)c(=O)c1C(=O)N(C)Cc1ccc2nonc2c1.Cl. The third-order valence-corrected chi connectivity index (χ3v) is 5.53. The molecule has 30 heavy (non-hydrogen) atoms. The van der Waals surface area contributed by atoms with Gasteiger partial charge in [0, 0.05) is 26.3 Å². The molecule has 8 nitrogen and oxygen atoms in total. The number of amides is 1. The Morgan fingerprint density at radius 2 is 2.10 bits per heavy atom. The molecule has 0 spiro atoms. The number of pyridine rings is 1. The van der Waals surface area contributed by atoms with Crippen LogP contribution in [0.1, 0.15) is 34.3 Å². The van der Waals surface area contributed by atoms with Crippen molar-refractivity contribution >= 4 is 29.3 Å². The largest absolute Gasteiger partial charge is 0.337 e. The van der Waals surface area contributed by atoms with Crippen LogP contribution in [-0.2, 0) is 13.1 Å². The van der Waals surface area contributed by atoms with Gasteiger partial charge in [-0.3, -0.25) is 9.59 Å². The predicted molar refractivity (Wildman–Crippen MR) is 116 cm³/mol. The Morgan fingerprint density at radius 3 is 2.87 bits per heavy atom. The van der Waals surface area contributed by atoms with E-state index < -0.39 is 0 Å². The molecule has 1 amide bonds. The van der Waals surface area contributed by atoms with E-state index in [-0.39, 0.29) is 29.4 Å². The molecule has 1 N–H and O–H groups in total. The summed E-state index contributed by atoms with van der Waals surface area (Å²) in [7, 11) is 1.70. The van der Waals surface area contributed by atoms with Crippen molar-refractivity contribution in [2.24, 2.45) is 5.92 Å². The van der Waals surface area contributed by atoms with Crippen LogP contribution < -0.4 is 10.9 Å². The molecule has 9 heteroatoms. The van der Waals surface area contributed by atoms with Gasteiger partial charge in [0.1, 0.15) is 16.6 Å². The van der Waals surface area contributed by atoms with E-state index >= 15 is 0 Å². The van der Waals surface area contributed by atoms with E-state index in [4.69, 9.17) is 4.63 Å². The van der Waals surface area contributed by atoms with Gasteiger partial charge in [-0.25, -0.2) is 4.63 Å². The molecule has 1 fully saturated rings. The van der Waals surface area contributed by atoms with Crippen LogP contribution in [0.4, 0.5) is 0 Å². The lowest BCUT2D eigenvalue weighted by molar-refractivity contribution is 0.0781. The van der Waals surface area contributed by atoms with Gasteiger partial charge >= 0.3 is 0 Å². The molecular formula is C21H26ClN5O3. The minimum absolute atomic E-state index is 0. The fourth-order valence-electron chi connectivity index (χ4n) is 3.89. The molecule has 1 unspecified atom stereocenters. The van der Waals surface area contributed by atoms with E-state index in [1.54, 1.807) is 28.8 Å². The zero-order valence-corrected chi connectivity index (χ0v) is 17.9. The molecule has 160 valence electrons. The van der Waals surface area contributed by atoms with Crippen molar-refractivity contribution in [3.05, 3.63) is 57.5 Å². The minimum Gasteiger partial charge on any atom is -0.337 e. The van der Waals surface area contributed by atoms with Crippen molar-refractivity contribution in [2.45, 2.75) is 32.9 Å². The van der Waals surface area contributed by atoms with Crippen molar-refractivity contribution in [1.29, 1.82) is 0 Å². The highest BCUT2D eigenvalue weighted by atomic mass is 35.5. The van der Waals surface area contributed by atoms with Crippen LogP contribution in [0.3, 0.4) is 0 Å². The first-order chi connectivity index (χ1) is 14.0. The molecule has 0 aliphatic carbocycles. The van der Waals surface area contributed by atoms with E-state index in [1.165, 1.54) is 0 Å². The normalized spacial score (nSPS) is 16.3. The van der Waals surface area contributed by atoms with Crippen LogP contribution in [0.15, 0.2) is 39.9 Å². The highest BCUT2D eigenvalue weighted by Gasteiger charge is 2.21. The number of carbonyl (C=O) groups excluding carboxylic acids is 1. The van der Waals surface area contributed by atoms with Gasteiger partial charge in [0.2, 0.25) is 0 Å². The Bertz CT molecular complexity index is 1090. The number of rotatable bonds is 5. The van der Waals surface area contributed by atoms with Gasteiger partial charge in [0.25, 0.3) is 11.5 Å². The van der Waals surface area contributed by atoms with Crippen molar-refractivity contribution in [1.82, 2.24) is 25.1 Å². The number of halogens is 1. The van der Waals surface area contributed by atoms with Gasteiger partial charge in [-0.05, 0) is 78.4 Å². The zero-order valence-electron chi connectivity index (χ0n) is 17.1. The summed E-state index contributed by atoms with van der Waals surface area (Å²) in [5.41, 5.74) is 2.92. The van der Waals surface area contributed by atoms with Crippen LogP contribution in [0.5, 0.6) is 0 Å². The first-order valence-corrected chi connectivity index (χ1v) is 9.90. The van der Waals surface area contributed by atoms with Gasteiger partial charge in [0.05, 0.1) is 0 Å². The molecule has 4 rings (SSSR count). The Labute approximate surface area is 180 Å². The minimum atomic E-state index is -0.276. The van der Waals surface area contributed by atoms with Crippen molar-refractivity contribution in [3.63, 3.8) is 0 Å². The maximum atomic E-state index is 13.1. The summed E-state index contributed by atoms with van der Waals surface area (Å²) in [6, 6.07) is 7.37. The number of aryl methyl sites for hydroxylation is 1. The molecule has 2 aromatic heterocycles. The fraction of sp³-hybridized carbons (Fsp3) is 0.429. The highest BCUT2D eigenvalue weighted by Crippen LogP contribution is 2.16. The van der Waals surface area contributed by atoms with Crippen molar-refractivity contribution in [3.8, 4) is 0 Å². The van der Waals surface area contributed by atoms with E-state index in [9.17, 15) is 9.59 Å². The van der Waals surface area contributed by atoms with Gasteiger partial charge in [-0.2, -0.15) is 0 Å². The van der Waals surface area contributed by atoms with E-state index in [2.05, 4.69) is 15.6 Å². The van der Waals surface area contributed by atoms with Crippen molar-refractivity contribution in [2.75, 3.05) is 20.1 Å². The lowest BCUT2D eigenvalue weighted by Gasteiger charge is -2.24. The number of benzene rings is 1. The Morgan fingerprint density at radius 1 is 1.30 bits per heavy atom. The third-order valence-electron chi connectivity index (χ3n) is 5.53. The number of carbonyl (C=O) groups is 1. The molecule has 0 bridgehead atoms. The van der Waals surface area contributed by atoms with Gasteiger partial charge in [-0.15, -0.1) is 12.4 Å². The maximum absolute atomic E-state index is 13.1.